The van der Waals surface area contributed by atoms with Gasteiger partial charge in [0, 0.05) is 28.7 Å². The number of rotatable bonds is 1. The molecule has 1 fully saturated rings. The van der Waals surface area contributed by atoms with E-state index in [1.54, 1.807) is 0 Å². The molecule has 0 N–H and O–H groups in total. The largest absolute Gasteiger partial charge is 0.354 e. The van der Waals surface area contributed by atoms with E-state index in [0.29, 0.717) is 10.7 Å². The lowest BCUT2D eigenvalue weighted by atomic mass is 9.99. The average molecular weight is 306 g/mol. The molecule has 1 aromatic carbocycles. The number of alkyl halides is 1. The molecule has 2 atom stereocenters. The summed E-state index contributed by atoms with van der Waals surface area (Å²) >= 11 is 3.74. The highest BCUT2D eigenvalue weighted by atomic mass is 79.9. The van der Waals surface area contributed by atoms with Gasteiger partial charge >= 0.3 is 0 Å². The average Bonchev–Trinajstić information content (AvgIpc) is 2.41. The molecule has 4 heteroatoms. The third kappa shape index (κ3) is 2.09. The Labute approximate surface area is 115 Å². The standard InChI is InChI=1S/C14H16BrN3/c1-10-9-18(7-6-13(10)15)14-12-5-3-2-4-11(12)8-16-17-14/h2-5,8,10,13H,6-7,9H2,1H3. The molecule has 1 aromatic heterocycles. The fourth-order valence-electron chi connectivity index (χ4n) is 2.56. The maximum atomic E-state index is 4.35. The second kappa shape index (κ2) is 4.84. The lowest BCUT2D eigenvalue weighted by molar-refractivity contribution is 0.463. The highest BCUT2D eigenvalue weighted by Gasteiger charge is 2.25. The summed E-state index contributed by atoms with van der Waals surface area (Å²) in [7, 11) is 0. The summed E-state index contributed by atoms with van der Waals surface area (Å²) in [6, 6.07) is 8.33. The fraction of sp³-hybridized carbons (Fsp3) is 0.429. The molecule has 3 nitrogen and oxygen atoms in total. The first-order valence-electron chi connectivity index (χ1n) is 6.35. The van der Waals surface area contributed by atoms with Gasteiger partial charge in [-0.2, -0.15) is 5.10 Å². The first-order valence-corrected chi connectivity index (χ1v) is 7.26. The molecule has 2 aromatic rings. The van der Waals surface area contributed by atoms with Crippen molar-refractivity contribution in [3.05, 3.63) is 30.5 Å². The van der Waals surface area contributed by atoms with Crippen LogP contribution in [0.3, 0.4) is 0 Å². The molecule has 0 radical (unpaired) electrons. The minimum Gasteiger partial charge on any atom is -0.354 e. The van der Waals surface area contributed by atoms with Crippen LogP contribution >= 0.6 is 15.9 Å². The van der Waals surface area contributed by atoms with Crippen LogP contribution in [0.1, 0.15) is 13.3 Å². The maximum Gasteiger partial charge on any atom is 0.159 e. The lowest BCUT2D eigenvalue weighted by Crippen LogP contribution is -2.40. The van der Waals surface area contributed by atoms with Gasteiger partial charge in [0.05, 0.1) is 6.20 Å². The molecule has 1 aliphatic heterocycles. The van der Waals surface area contributed by atoms with Gasteiger partial charge in [0.1, 0.15) is 0 Å². The van der Waals surface area contributed by atoms with E-state index in [9.17, 15) is 0 Å². The lowest BCUT2D eigenvalue weighted by Gasteiger charge is -2.35. The van der Waals surface area contributed by atoms with E-state index in [1.165, 1.54) is 5.39 Å². The highest BCUT2D eigenvalue weighted by Crippen LogP contribution is 2.29. The van der Waals surface area contributed by atoms with Gasteiger partial charge in [-0.15, -0.1) is 5.10 Å². The zero-order chi connectivity index (χ0) is 12.5. The Kier molecular flexibility index (Phi) is 3.20. The van der Waals surface area contributed by atoms with Crippen molar-refractivity contribution in [1.82, 2.24) is 10.2 Å². The number of piperidine rings is 1. The number of hydrogen-bond donors (Lipinski definition) is 0. The van der Waals surface area contributed by atoms with Crippen molar-refractivity contribution >= 4 is 32.5 Å². The van der Waals surface area contributed by atoms with Gasteiger partial charge < -0.3 is 4.90 Å². The van der Waals surface area contributed by atoms with Crippen LogP contribution in [-0.2, 0) is 0 Å². The van der Waals surface area contributed by atoms with Crippen molar-refractivity contribution in [3.63, 3.8) is 0 Å². The molecule has 1 aliphatic rings. The molecule has 0 spiro atoms. The molecule has 94 valence electrons. The number of fused-ring (bicyclic) bond motifs is 1. The third-order valence-electron chi connectivity index (χ3n) is 3.65. The molecule has 0 saturated carbocycles. The Bertz CT molecular complexity index is 552. The quantitative estimate of drug-likeness (QED) is 0.757. The van der Waals surface area contributed by atoms with E-state index in [-0.39, 0.29) is 0 Å². The predicted molar refractivity (Wildman–Crippen MR) is 78.2 cm³/mol. The number of nitrogens with zero attached hydrogens (tertiary/aromatic N) is 3. The van der Waals surface area contributed by atoms with Crippen LogP contribution in [0.15, 0.2) is 30.5 Å². The molecular weight excluding hydrogens is 290 g/mol. The fourth-order valence-corrected chi connectivity index (χ4v) is 2.93. The Morgan fingerprint density at radius 2 is 2.17 bits per heavy atom. The number of halogens is 1. The highest BCUT2D eigenvalue weighted by molar-refractivity contribution is 9.09. The van der Waals surface area contributed by atoms with Crippen LogP contribution in [0.4, 0.5) is 5.82 Å². The van der Waals surface area contributed by atoms with Crippen LogP contribution in [0, 0.1) is 5.92 Å². The van der Waals surface area contributed by atoms with Crippen LogP contribution in [0.5, 0.6) is 0 Å². The van der Waals surface area contributed by atoms with Crippen LogP contribution in [0.25, 0.3) is 10.8 Å². The van der Waals surface area contributed by atoms with Gasteiger partial charge in [-0.3, -0.25) is 0 Å². The zero-order valence-corrected chi connectivity index (χ0v) is 12.0. The summed E-state index contributed by atoms with van der Waals surface area (Å²) in [6.45, 7) is 4.37. The molecule has 0 amide bonds. The summed E-state index contributed by atoms with van der Waals surface area (Å²) in [5, 5.41) is 10.8. The molecule has 0 bridgehead atoms. The van der Waals surface area contributed by atoms with Crippen molar-refractivity contribution in [3.8, 4) is 0 Å². The minimum atomic E-state index is 0.622. The smallest absolute Gasteiger partial charge is 0.159 e. The van der Waals surface area contributed by atoms with Gasteiger partial charge in [0.15, 0.2) is 5.82 Å². The van der Waals surface area contributed by atoms with Gasteiger partial charge in [-0.05, 0) is 12.3 Å². The Hall–Kier alpha value is -1.16. The normalized spacial score (nSPS) is 24.4. The molecule has 0 aliphatic carbocycles. The van der Waals surface area contributed by atoms with E-state index < -0.39 is 0 Å². The van der Waals surface area contributed by atoms with Crippen molar-refractivity contribution in [2.24, 2.45) is 5.92 Å². The van der Waals surface area contributed by atoms with Gasteiger partial charge in [0.2, 0.25) is 0 Å². The molecule has 18 heavy (non-hydrogen) atoms. The number of benzene rings is 1. The SMILES string of the molecule is CC1CN(c2nncc3ccccc23)CCC1Br. The van der Waals surface area contributed by atoms with Crippen LogP contribution in [0.2, 0.25) is 0 Å². The van der Waals surface area contributed by atoms with E-state index >= 15 is 0 Å². The first kappa shape index (κ1) is 11.9. The first-order chi connectivity index (χ1) is 8.75. The summed E-state index contributed by atoms with van der Waals surface area (Å²) < 4.78 is 0. The van der Waals surface area contributed by atoms with Crippen molar-refractivity contribution < 1.29 is 0 Å². The van der Waals surface area contributed by atoms with E-state index in [1.807, 2.05) is 12.3 Å². The Morgan fingerprint density at radius 1 is 1.33 bits per heavy atom. The monoisotopic (exact) mass is 305 g/mol. The van der Waals surface area contributed by atoms with E-state index in [0.717, 1.165) is 30.7 Å². The molecular formula is C14H16BrN3. The third-order valence-corrected chi connectivity index (χ3v) is 5.01. The molecule has 2 heterocycles. The number of aromatic nitrogens is 2. The Morgan fingerprint density at radius 3 is 3.00 bits per heavy atom. The van der Waals surface area contributed by atoms with Crippen molar-refractivity contribution in [2.75, 3.05) is 18.0 Å². The Balaban J connectivity index is 1.99. The summed E-state index contributed by atoms with van der Waals surface area (Å²) in [6.07, 6.45) is 2.99. The van der Waals surface area contributed by atoms with Crippen LogP contribution in [-0.4, -0.2) is 28.1 Å². The summed E-state index contributed by atoms with van der Waals surface area (Å²) in [4.78, 5) is 2.98. The molecule has 3 rings (SSSR count). The topological polar surface area (TPSA) is 29.0 Å². The molecule has 1 saturated heterocycles. The summed E-state index contributed by atoms with van der Waals surface area (Å²) in [5.41, 5.74) is 0. The van der Waals surface area contributed by atoms with Gasteiger partial charge in [-0.25, -0.2) is 0 Å². The van der Waals surface area contributed by atoms with E-state index in [2.05, 4.69) is 56.2 Å². The number of anilines is 1. The van der Waals surface area contributed by atoms with Gasteiger partial charge in [0.25, 0.3) is 0 Å². The van der Waals surface area contributed by atoms with Crippen molar-refractivity contribution in [2.45, 2.75) is 18.2 Å². The zero-order valence-electron chi connectivity index (χ0n) is 10.4. The molecule has 2 unspecified atom stereocenters. The van der Waals surface area contributed by atoms with Crippen LogP contribution < -0.4 is 4.90 Å². The van der Waals surface area contributed by atoms with E-state index in [4.69, 9.17) is 0 Å². The number of hydrogen-bond acceptors (Lipinski definition) is 3. The second-order valence-corrected chi connectivity index (χ2v) is 6.16. The summed E-state index contributed by atoms with van der Waals surface area (Å²) in [5.74, 6) is 1.67. The van der Waals surface area contributed by atoms with Crippen molar-refractivity contribution in [1.29, 1.82) is 0 Å². The van der Waals surface area contributed by atoms with Gasteiger partial charge in [-0.1, -0.05) is 47.1 Å². The predicted octanol–water partition coefficient (Wildman–Crippen LogP) is 3.24. The maximum absolute atomic E-state index is 4.35. The second-order valence-electron chi connectivity index (χ2n) is 4.98. The minimum absolute atomic E-state index is 0.622.